The van der Waals surface area contributed by atoms with Crippen molar-refractivity contribution >= 4 is 40.2 Å². The molecule has 3 aromatic rings. The maximum absolute atomic E-state index is 13.6. The van der Waals surface area contributed by atoms with Crippen molar-refractivity contribution in [1.82, 2.24) is 29.3 Å². The number of piperidine rings is 1. The maximum Gasteiger partial charge on any atom is 0.410 e. The summed E-state index contributed by atoms with van der Waals surface area (Å²) >= 11 is 0. The fourth-order valence-electron chi connectivity index (χ4n) is 7.38. The predicted molar refractivity (Wildman–Crippen MR) is 183 cm³/mol. The second-order valence-electron chi connectivity index (χ2n) is 14.2. The molecule has 1 N–H and O–H groups in total. The number of amides is 1. The summed E-state index contributed by atoms with van der Waals surface area (Å²) in [4.78, 5) is 59.2. The topological polar surface area (TPSA) is 126 Å². The van der Waals surface area contributed by atoms with Crippen molar-refractivity contribution in [3.05, 3.63) is 46.1 Å². The highest BCUT2D eigenvalue weighted by atomic mass is 16.6. The summed E-state index contributed by atoms with van der Waals surface area (Å²) in [6.45, 7) is 13.9. The molecule has 0 spiro atoms. The van der Waals surface area contributed by atoms with Gasteiger partial charge in [-0.15, -0.1) is 0 Å². The third-order valence-electron chi connectivity index (χ3n) is 9.81. The van der Waals surface area contributed by atoms with Gasteiger partial charge in [0.15, 0.2) is 5.78 Å². The first kappa shape index (κ1) is 32.9. The third kappa shape index (κ3) is 7.27. The molecule has 1 amide bonds. The Labute approximate surface area is 276 Å². The molecule has 252 valence electrons. The number of rotatable bonds is 6. The number of Topliss-reactive ketones (excluding diaryl/α,β-unsaturated/α-hetero) is 1. The van der Waals surface area contributed by atoms with Gasteiger partial charge in [-0.1, -0.05) is 19.3 Å². The molecule has 0 unspecified atom stereocenters. The molecule has 3 fully saturated rings. The fraction of sp³-hybridized carbons (Fsp3) is 0.600. The first-order valence-electron chi connectivity index (χ1n) is 17.1. The lowest BCUT2D eigenvalue weighted by Crippen LogP contribution is -2.55. The molecule has 0 aromatic carbocycles. The van der Waals surface area contributed by atoms with Crippen molar-refractivity contribution in [2.75, 3.05) is 49.5 Å². The lowest BCUT2D eigenvalue weighted by molar-refractivity contribution is 0.00900. The van der Waals surface area contributed by atoms with Gasteiger partial charge in [0.2, 0.25) is 0 Å². The summed E-state index contributed by atoms with van der Waals surface area (Å²) in [6.07, 6.45) is 12.3. The van der Waals surface area contributed by atoms with Gasteiger partial charge in [0.1, 0.15) is 23.1 Å². The minimum atomic E-state index is -0.479. The Bertz CT molecular complexity index is 1660. The molecule has 12 heteroatoms. The van der Waals surface area contributed by atoms with Crippen LogP contribution >= 0.6 is 0 Å². The maximum atomic E-state index is 13.6. The van der Waals surface area contributed by atoms with Crippen molar-refractivity contribution in [2.24, 2.45) is 0 Å². The van der Waals surface area contributed by atoms with Gasteiger partial charge >= 0.3 is 6.09 Å². The van der Waals surface area contributed by atoms with E-state index in [-0.39, 0.29) is 29.0 Å². The molecule has 5 heterocycles. The summed E-state index contributed by atoms with van der Waals surface area (Å²) in [5.74, 6) is 1.78. The van der Waals surface area contributed by atoms with Crippen molar-refractivity contribution in [3.8, 4) is 0 Å². The normalized spacial score (nSPS) is 18.8. The number of pyridine rings is 2. The number of hydrogen-bond donors (Lipinski definition) is 1. The summed E-state index contributed by atoms with van der Waals surface area (Å²) in [5, 5.41) is 4.10. The molecule has 6 rings (SSSR count). The molecule has 2 aliphatic heterocycles. The quantitative estimate of drug-likeness (QED) is 0.346. The second-order valence-corrected chi connectivity index (χ2v) is 14.2. The summed E-state index contributed by atoms with van der Waals surface area (Å²) in [5.41, 5.74) is 1.05. The molecular formula is C35H48N8O4. The minimum absolute atomic E-state index is 0.0674. The van der Waals surface area contributed by atoms with E-state index in [0.29, 0.717) is 36.3 Å². The average Bonchev–Trinajstić information content (AvgIpc) is 3.05. The zero-order chi connectivity index (χ0) is 33.3. The van der Waals surface area contributed by atoms with Crippen molar-refractivity contribution < 1.29 is 14.3 Å². The number of carbonyl (C=O) groups excluding carboxylic acids is 2. The Morgan fingerprint density at radius 3 is 2.15 bits per heavy atom. The number of ketones is 1. The number of aromatic nitrogens is 4. The molecule has 12 nitrogen and oxygen atoms in total. The van der Waals surface area contributed by atoms with E-state index < -0.39 is 5.60 Å². The van der Waals surface area contributed by atoms with Crippen LogP contribution in [0.4, 0.5) is 22.2 Å². The average molecular weight is 645 g/mol. The number of aryl methyl sites for hydroxylation is 1. The van der Waals surface area contributed by atoms with E-state index >= 15 is 0 Å². The van der Waals surface area contributed by atoms with E-state index in [1.807, 2.05) is 43.2 Å². The minimum Gasteiger partial charge on any atom is -0.444 e. The molecule has 3 aromatic heterocycles. The third-order valence-corrected chi connectivity index (χ3v) is 9.81. The molecule has 0 bridgehead atoms. The van der Waals surface area contributed by atoms with E-state index in [2.05, 4.69) is 25.1 Å². The Morgan fingerprint density at radius 1 is 0.851 bits per heavy atom. The number of hydrogen-bond acceptors (Lipinski definition) is 10. The number of nitrogens with one attached hydrogen (secondary N) is 1. The highest BCUT2D eigenvalue weighted by Crippen LogP contribution is 2.32. The van der Waals surface area contributed by atoms with E-state index in [1.165, 1.54) is 13.3 Å². The molecule has 0 atom stereocenters. The SMILES string of the molecule is CC(=O)c1c(C)c2cnc(Nc3cnc(N4CCC(N5CCN(C(=O)OC(C)(C)C)CC5)CC4)cn3)cc2n(C2CCCCC2)c1=O. The Morgan fingerprint density at radius 2 is 1.53 bits per heavy atom. The van der Waals surface area contributed by atoms with Crippen molar-refractivity contribution in [1.29, 1.82) is 0 Å². The second kappa shape index (κ2) is 13.6. The molecule has 3 aliphatic rings. The molecule has 0 radical (unpaired) electrons. The molecular weight excluding hydrogens is 596 g/mol. The molecule has 47 heavy (non-hydrogen) atoms. The Balaban J connectivity index is 1.09. The first-order valence-corrected chi connectivity index (χ1v) is 17.1. The van der Waals surface area contributed by atoms with Gasteiger partial charge in [0.25, 0.3) is 5.56 Å². The van der Waals surface area contributed by atoms with Gasteiger partial charge in [0.05, 0.1) is 23.5 Å². The zero-order valence-electron chi connectivity index (χ0n) is 28.4. The standard InChI is InChI=1S/C35H48N8O4/c1-23-27-20-36-29(19-28(27)43(26-9-7-6-8-10-26)33(45)32(23)24(2)44)39-30-21-38-31(22-37-30)41-13-11-25(12-14-41)40-15-17-42(18-16-40)34(46)47-35(3,4)5/h19-22,25-26H,6-18H2,1-5H3,(H,36,37,39). The highest BCUT2D eigenvalue weighted by molar-refractivity contribution is 6.00. The monoisotopic (exact) mass is 644 g/mol. The Kier molecular flexibility index (Phi) is 9.50. The summed E-state index contributed by atoms with van der Waals surface area (Å²) in [6, 6.07) is 2.45. The fourth-order valence-corrected chi connectivity index (χ4v) is 7.38. The van der Waals surface area contributed by atoms with Crippen LogP contribution in [-0.4, -0.2) is 92.1 Å². The van der Waals surface area contributed by atoms with Crippen LogP contribution < -0.4 is 15.8 Å². The number of piperazine rings is 1. The lowest BCUT2D eigenvalue weighted by Gasteiger charge is -2.43. The van der Waals surface area contributed by atoms with Gasteiger partial charge in [-0.05, 0) is 65.9 Å². The van der Waals surface area contributed by atoms with Crippen LogP contribution in [0, 0.1) is 6.92 Å². The molecule has 1 aliphatic carbocycles. The van der Waals surface area contributed by atoms with Crippen LogP contribution in [0.2, 0.25) is 0 Å². The van der Waals surface area contributed by atoms with E-state index in [9.17, 15) is 14.4 Å². The van der Waals surface area contributed by atoms with Gasteiger partial charge in [-0.25, -0.2) is 19.7 Å². The van der Waals surface area contributed by atoms with Crippen LogP contribution in [0.15, 0.2) is 29.5 Å². The zero-order valence-corrected chi connectivity index (χ0v) is 28.4. The van der Waals surface area contributed by atoms with Gasteiger partial charge in [0, 0.05) is 69.0 Å². The molecule has 1 saturated carbocycles. The van der Waals surface area contributed by atoms with Gasteiger partial charge < -0.3 is 24.4 Å². The number of anilines is 3. The van der Waals surface area contributed by atoms with Gasteiger partial charge in [-0.2, -0.15) is 0 Å². The van der Waals surface area contributed by atoms with Crippen molar-refractivity contribution in [2.45, 2.75) is 97.2 Å². The van der Waals surface area contributed by atoms with E-state index in [1.54, 1.807) is 18.6 Å². The number of fused-ring (bicyclic) bond motifs is 1. The van der Waals surface area contributed by atoms with Gasteiger partial charge in [-0.3, -0.25) is 14.5 Å². The van der Waals surface area contributed by atoms with E-state index in [4.69, 9.17) is 9.72 Å². The van der Waals surface area contributed by atoms with Crippen LogP contribution in [0.1, 0.15) is 94.6 Å². The number of nitrogens with zero attached hydrogens (tertiary/aromatic N) is 7. The van der Waals surface area contributed by atoms with Crippen molar-refractivity contribution in [3.63, 3.8) is 0 Å². The van der Waals surface area contributed by atoms with Crippen LogP contribution in [0.25, 0.3) is 10.9 Å². The smallest absolute Gasteiger partial charge is 0.410 e. The van der Waals surface area contributed by atoms with Crippen LogP contribution in [0.3, 0.4) is 0 Å². The lowest BCUT2D eigenvalue weighted by atomic mass is 9.93. The summed E-state index contributed by atoms with van der Waals surface area (Å²) < 4.78 is 7.38. The molecule has 2 saturated heterocycles. The highest BCUT2D eigenvalue weighted by Gasteiger charge is 2.31. The van der Waals surface area contributed by atoms with E-state index in [0.717, 1.165) is 81.4 Å². The number of ether oxygens (including phenoxy) is 1. The largest absolute Gasteiger partial charge is 0.444 e. The van der Waals surface area contributed by atoms with Crippen LogP contribution in [-0.2, 0) is 4.74 Å². The van der Waals surface area contributed by atoms with Crippen LogP contribution in [0.5, 0.6) is 0 Å². The predicted octanol–water partition coefficient (Wildman–Crippen LogP) is 5.47. The first-order chi connectivity index (χ1) is 22.5. The summed E-state index contributed by atoms with van der Waals surface area (Å²) in [7, 11) is 0. The number of carbonyl (C=O) groups is 2. The Hall–Kier alpha value is -4.06.